The normalized spacial score (nSPS) is 12.8. The van der Waals surface area contributed by atoms with Gasteiger partial charge in [0.15, 0.2) is 6.10 Å². The molecule has 1 aromatic rings. The van der Waals surface area contributed by atoms with Gasteiger partial charge in [-0.05, 0) is 36.8 Å². The van der Waals surface area contributed by atoms with Crippen LogP contribution >= 0.6 is 0 Å². The zero-order chi connectivity index (χ0) is 16.0. The van der Waals surface area contributed by atoms with Gasteiger partial charge in [0.05, 0.1) is 0 Å². The fourth-order valence-corrected chi connectivity index (χ4v) is 2.54. The van der Waals surface area contributed by atoms with E-state index in [-0.39, 0.29) is 11.9 Å². The molecule has 0 bridgehead atoms. The summed E-state index contributed by atoms with van der Waals surface area (Å²) in [6, 6.07) is 8.05. The van der Waals surface area contributed by atoms with Crippen molar-refractivity contribution in [2.45, 2.75) is 60.1 Å². The maximum absolute atomic E-state index is 12.3. The summed E-state index contributed by atoms with van der Waals surface area (Å²) in [5, 5.41) is 3.11. The van der Waals surface area contributed by atoms with Gasteiger partial charge >= 0.3 is 0 Å². The molecule has 0 saturated carbocycles. The van der Waals surface area contributed by atoms with Crippen LogP contribution in [0.5, 0.6) is 5.75 Å². The first-order valence-electron chi connectivity index (χ1n) is 7.91. The fraction of sp³-hybridized carbons (Fsp3) is 0.611. The Kier molecular flexibility index (Phi) is 6.73. The molecule has 0 fully saturated rings. The number of amides is 1. The Morgan fingerprint density at radius 2 is 1.67 bits per heavy atom. The first-order valence-corrected chi connectivity index (χ1v) is 7.91. The maximum Gasteiger partial charge on any atom is 0.261 e. The number of para-hydroxylation sites is 1. The van der Waals surface area contributed by atoms with Crippen molar-refractivity contribution in [1.82, 2.24) is 5.32 Å². The van der Waals surface area contributed by atoms with Crippen molar-refractivity contribution in [1.29, 1.82) is 0 Å². The minimum Gasteiger partial charge on any atom is -0.481 e. The average Bonchev–Trinajstić information content (AvgIpc) is 2.44. The minimum absolute atomic E-state index is 0.0479. The first kappa shape index (κ1) is 17.5. The molecule has 0 aromatic heterocycles. The van der Waals surface area contributed by atoms with Crippen LogP contribution in [0, 0.1) is 11.8 Å². The zero-order valence-corrected chi connectivity index (χ0v) is 14.1. The quantitative estimate of drug-likeness (QED) is 0.829. The highest BCUT2D eigenvalue weighted by molar-refractivity contribution is 5.81. The molecule has 118 valence electrons. The van der Waals surface area contributed by atoms with Crippen LogP contribution in [0.25, 0.3) is 0 Å². The van der Waals surface area contributed by atoms with E-state index in [1.165, 1.54) is 0 Å². The lowest BCUT2D eigenvalue weighted by Crippen LogP contribution is -2.47. The summed E-state index contributed by atoms with van der Waals surface area (Å²) in [4.78, 5) is 12.3. The lowest BCUT2D eigenvalue weighted by Gasteiger charge is -2.27. The Bertz CT molecular complexity index is 446. The number of benzene rings is 1. The Morgan fingerprint density at radius 3 is 2.19 bits per heavy atom. The molecule has 3 heteroatoms. The second kappa shape index (κ2) is 8.06. The summed E-state index contributed by atoms with van der Waals surface area (Å²) in [6.07, 6.45) is 0.406. The van der Waals surface area contributed by atoms with Crippen LogP contribution in [-0.4, -0.2) is 18.1 Å². The monoisotopic (exact) mass is 291 g/mol. The lowest BCUT2D eigenvalue weighted by atomic mass is 9.93. The third kappa shape index (κ3) is 5.07. The van der Waals surface area contributed by atoms with Crippen molar-refractivity contribution >= 4 is 5.91 Å². The molecule has 1 rings (SSSR count). The molecule has 0 heterocycles. The first-order chi connectivity index (χ1) is 9.86. The van der Waals surface area contributed by atoms with E-state index in [2.05, 4.69) is 39.9 Å². The third-order valence-electron chi connectivity index (χ3n) is 3.77. The summed E-state index contributed by atoms with van der Waals surface area (Å²) in [7, 11) is 0. The average molecular weight is 291 g/mol. The number of aryl methyl sites for hydroxylation is 1. The Labute approximate surface area is 129 Å². The van der Waals surface area contributed by atoms with Crippen molar-refractivity contribution in [3.05, 3.63) is 29.8 Å². The van der Waals surface area contributed by atoms with Crippen molar-refractivity contribution in [2.75, 3.05) is 0 Å². The number of hydrogen-bond acceptors (Lipinski definition) is 2. The van der Waals surface area contributed by atoms with Crippen LogP contribution in [0.1, 0.15) is 47.1 Å². The van der Waals surface area contributed by atoms with E-state index >= 15 is 0 Å². The van der Waals surface area contributed by atoms with Gasteiger partial charge in [-0.25, -0.2) is 0 Å². The van der Waals surface area contributed by atoms with E-state index in [0.29, 0.717) is 11.8 Å². The van der Waals surface area contributed by atoms with E-state index < -0.39 is 6.10 Å². The zero-order valence-electron chi connectivity index (χ0n) is 14.1. The number of ether oxygens (including phenoxy) is 1. The van der Waals surface area contributed by atoms with Gasteiger partial charge in [-0.1, -0.05) is 52.8 Å². The molecule has 21 heavy (non-hydrogen) atoms. The summed E-state index contributed by atoms with van der Waals surface area (Å²) in [5.41, 5.74) is 1.13. The van der Waals surface area contributed by atoms with Gasteiger partial charge in [0, 0.05) is 6.04 Å². The van der Waals surface area contributed by atoms with Crippen molar-refractivity contribution in [3.63, 3.8) is 0 Å². The molecule has 1 aromatic carbocycles. The van der Waals surface area contributed by atoms with Crippen LogP contribution in [0.4, 0.5) is 0 Å². The largest absolute Gasteiger partial charge is 0.481 e. The molecule has 0 spiro atoms. The SMILES string of the molecule is CCc1ccccc1O[C@@H](C)C(=O)NC(C(C)C)C(C)C. The van der Waals surface area contributed by atoms with E-state index in [1.54, 1.807) is 6.92 Å². The van der Waals surface area contributed by atoms with Crippen LogP contribution in [0.3, 0.4) is 0 Å². The van der Waals surface area contributed by atoms with Gasteiger partial charge in [-0.2, -0.15) is 0 Å². The van der Waals surface area contributed by atoms with Gasteiger partial charge in [0.25, 0.3) is 5.91 Å². The van der Waals surface area contributed by atoms with Crippen molar-refractivity contribution < 1.29 is 9.53 Å². The number of carbonyl (C=O) groups excluding carboxylic acids is 1. The Morgan fingerprint density at radius 1 is 1.10 bits per heavy atom. The Hall–Kier alpha value is -1.51. The number of hydrogen-bond donors (Lipinski definition) is 1. The molecule has 1 N–H and O–H groups in total. The standard InChI is InChI=1S/C18H29NO2/c1-7-15-10-8-9-11-16(15)21-14(6)18(20)19-17(12(2)3)13(4)5/h8-14,17H,7H2,1-6H3,(H,19,20)/t14-/m0/s1. The smallest absolute Gasteiger partial charge is 0.261 e. The van der Waals surface area contributed by atoms with E-state index in [9.17, 15) is 4.79 Å². The summed E-state index contributed by atoms with van der Waals surface area (Å²) < 4.78 is 5.85. The molecule has 0 radical (unpaired) electrons. The van der Waals surface area contributed by atoms with E-state index in [4.69, 9.17) is 4.74 Å². The van der Waals surface area contributed by atoms with Crippen LogP contribution in [-0.2, 0) is 11.2 Å². The molecule has 1 amide bonds. The molecular formula is C18H29NO2. The van der Waals surface area contributed by atoms with Crippen LogP contribution < -0.4 is 10.1 Å². The highest BCUT2D eigenvalue weighted by atomic mass is 16.5. The summed E-state index contributed by atoms with van der Waals surface area (Å²) in [6.45, 7) is 12.4. The number of nitrogens with one attached hydrogen (secondary N) is 1. The van der Waals surface area contributed by atoms with Gasteiger partial charge < -0.3 is 10.1 Å². The predicted molar refractivity (Wildman–Crippen MR) is 87.5 cm³/mol. The van der Waals surface area contributed by atoms with Crippen molar-refractivity contribution in [3.8, 4) is 5.75 Å². The van der Waals surface area contributed by atoms with Gasteiger partial charge in [0.2, 0.25) is 0 Å². The molecule has 0 unspecified atom stereocenters. The predicted octanol–water partition coefficient (Wildman–Crippen LogP) is 3.81. The Balaban J connectivity index is 2.70. The van der Waals surface area contributed by atoms with Gasteiger partial charge in [-0.3, -0.25) is 4.79 Å². The molecule has 3 nitrogen and oxygen atoms in total. The van der Waals surface area contributed by atoms with Gasteiger partial charge in [0.1, 0.15) is 5.75 Å². The van der Waals surface area contributed by atoms with E-state index in [0.717, 1.165) is 17.7 Å². The highest BCUT2D eigenvalue weighted by Crippen LogP contribution is 2.20. The number of rotatable bonds is 7. The molecule has 1 atom stereocenters. The number of carbonyl (C=O) groups is 1. The topological polar surface area (TPSA) is 38.3 Å². The third-order valence-corrected chi connectivity index (χ3v) is 3.77. The van der Waals surface area contributed by atoms with E-state index in [1.807, 2.05) is 24.3 Å². The summed E-state index contributed by atoms with van der Waals surface area (Å²) in [5.74, 6) is 1.56. The molecule has 0 aliphatic carbocycles. The fourth-order valence-electron chi connectivity index (χ4n) is 2.54. The van der Waals surface area contributed by atoms with Crippen molar-refractivity contribution in [2.24, 2.45) is 11.8 Å². The maximum atomic E-state index is 12.3. The second-order valence-corrected chi connectivity index (χ2v) is 6.24. The summed E-state index contributed by atoms with van der Waals surface area (Å²) >= 11 is 0. The minimum atomic E-state index is -0.488. The van der Waals surface area contributed by atoms with Crippen LogP contribution in [0.2, 0.25) is 0 Å². The second-order valence-electron chi connectivity index (χ2n) is 6.24. The lowest BCUT2D eigenvalue weighted by molar-refractivity contribution is -0.128. The molecule has 0 aliphatic heterocycles. The van der Waals surface area contributed by atoms with Crippen LogP contribution in [0.15, 0.2) is 24.3 Å². The van der Waals surface area contributed by atoms with Gasteiger partial charge in [-0.15, -0.1) is 0 Å². The molecule has 0 saturated heterocycles. The highest BCUT2D eigenvalue weighted by Gasteiger charge is 2.23. The molecular weight excluding hydrogens is 262 g/mol. The molecule has 0 aliphatic rings.